The molecule has 1 aliphatic heterocycles. The molecule has 0 saturated carbocycles. The summed E-state index contributed by atoms with van der Waals surface area (Å²) < 4.78 is 14.0. The lowest BCUT2D eigenvalue weighted by Crippen LogP contribution is -2.52. The first-order valence-electron chi connectivity index (χ1n) is 8.34. The van der Waals surface area contributed by atoms with Crippen molar-refractivity contribution in [3.63, 3.8) is 0 Å². The normalized spacial score (nSPS) is 16.5. The number of anilines is 2. The van der Waals surface area contributed by atoms with Crippen LogP contribution in [-0.4, -0.2) is 43.0 Å². The molecule has 1 heterocycles. The lowest BCUT2D eigenvalue weighted by atomic mass is 10.2. The minimum Gasteiger partial charge on any atom is -0.369 e. The Bertz CT molecular complexity index is 730. The standard InChI is InChI=1S/C19H21BrFN3O/c1-14(19(25)22-17-4-2-3-15(20)13-17)23-9-11-24(12-10-23)18-7-5-16(21)6-8-18/h2-8,13-14H,9-12H2,1H3,(H,22,25)/t14-/m1/s1. The monoisotopic (exact) mass is 405 g/mol. The number of amides is 1. The Kier molecular flexibility index (Phi) is 5.71. The van der Waals surface area contributed by atoms with Crippen LogP contribution in [0.15, 0.2) is 53.0 Å². The van der Waals surface area contributed by atoms with Crippen molar-refractivity contribution in [3.05, 3.63) is 58.8 Å². The number of nitrogens with one attached hydrogen (secondary N) is 1. The number of hydrogen-bond donors (Lipinski definition) is 1. The van der Waals surface area contributed by atoms with Crippen LogP contribution in [0.4, 0.5) is 15.8 Å². The van der Waals surface area contributed by atoms with E-state index < -0.39 is 0 Å². The van der Waals surface area contributed by atoms with Crippen molar-refractivity contribution in [2.24, 2.45) is 0 Å². The molecule has 25 heavy (non-hydrogen) atoms. The minimum atomic E-state index is -0.222. The van der Waals surface area contributed by atoms with E-state index in [-0.39, 0.29) is 17.8 Å². The van der Waals surface area contributed by atoms with Gasteiger partial charge in [0, 0.05) is 42.0 Å². The maximum atomic E-state index is 13.0. The molecule has 2 aromatic rings. The van der Waals surface area contributed by atoms with Crippen LogP contribution in [0.3, 0.4) is 0 Å². The molecule has 1 saturated heterocycles. The van der Waals surface area contributed by atoms with Crippen LogP contribution in [0.25, 0.3) is 0 Å². The Balaban J connectivity index is 1.54. The third kappa shape index (κ3) is 4.58. The highest BCUT2D eigenvalue weighted by atomic mass is 79.9. The molecule has 0 aromatic heterocycles. The second-order valence-electron chi connectivity index (χ2n) is 6.18. The molecule has 6 heteroatoms. The molecule has 0 bridgehead atoms. The highest BCUT2D eigenvalue weighted by molar-refractivity contribution is 9.10. The summed E-state index contributed by atoms with van der Waals surface area (Å²) in [6, 6.07) is 13.9. The summed E-state index contributed by atoms with van der Waals surface area (Å²) in [5.41, 5.74) is 1.81. The van der Waals surface area contributed by atoms with Crippen molar-refractivity contribution in [3.8, 4) is 0 Å². The van der Waals surface area contributed by atoms with Gasteiger partial charge in [0.1, 0.15) is 5.82 Å². The second kappa shape index (κ2) is 7.97. The van der Waals surface area contributed by atoms with Crippen LogP contribution in [0, 0.1) is 5.82 Å². The third-order valence-corrected chi connectivity index (χ3v) is 5.02. The maximum absolute atomic E-state index is 13.0. The van der Waals surface area contributed by atoms with Gasteiger partial charge in [-0.25, -0.2) is 4.39 Å². The second-order valence-corrected chi connectivity index (χ2v) is 7.09. The summed E-state index contributed by atoms with van der Waals surface area (Å²) >= 11 is 3.41. The molecule has 1 aliphatic rings. The van der Waals surface area contributed by atoms with Crippen molar-refractivity contribution in [2.45, 2.75) is 13.0 Å². The average Bonchev–Trinajstić information content (AvgIpc) is 2.62. The summed E-state index contributed by atoms with van der Waals surface area (Å²) in [5.74, 6) is -0.228. The predicted octanol–water partition coefficient (Wildman–Crippen LogP) is 3.74. The van der Waals surface area contributed by atoms with E-state index in [9.17, 15) is 9.18 Å². The summed E-state index contributed by atoms with van der Waals surface area (Å²) in [7, 11) is 0. The van der Waals surface area contributed by atoms with Gasteiger partial charge in [0.2, 0.25) is 5.91 Å². The minimum absolute atomic E-state index is 0.00617. The summed E-state index contributed by atoms with van der Waals surface area (Å²) in [6.07, 6.45) is 0. The SMILES string of the molecule is C[C@H](C(=O)Nc1cccc(Br)c1)N1CCN(c2ccc(F)cc2)CC1. The van der Waals surface area contributed by atoms with Gasteiger partial charge in [0.05, 0.1) is 6.04 Å². The Hall–Kier alpha value is -1.92. The number of nitrogens with zero attached hydrogens (tertiary/aromatic N) is 2. The van der Waals surface area contributed by atoms with Gasteiger partial charge in [-0.3, -0.25) is 9.69 Å². The van der Waals surface area contributed by atoms with Crippen LogP contribution in [0.5, 0.6) is 0 Å². The number of hydrogen-bond acceptors (Lipinski definition) is 3. The molecule has 4 nitrogen and oxygen atoms in total. The molecule has 132 valence electrons. The topological polar surface area (TPSA) is 35.6 Å². The molecule has 1 N–H and O–H groups in total. The number of rotatable bonds is 4. The van der Waals surface area contributed by atoms with Crippen molar-refractivity contribution < 1.29 is 9.18 Å². The van der Waals surface area contributed by atoms with Crippen molar-refractivity contribution in [2.75, 3.05) is 36.4 Å². The van der Waals surface area contributed by atoms with Crippen LogP contribution in [0.2, 0.25) is 0 Å². The lowest BCUT2D eigenvalue weighted by Gasteiger charge is -2.38. The summed E-state index contributed by atoms with van der Waals surface area (Å²) in [4.78, 5) is 16.9. The van der Waals surface area contributed by atoms with Crippen molar-refractivity contribution >= 4 is 33.2 Å². The number of carbonyl (C=O) groups is 1. The summed E-state index contributed by atoms with van der Waals surface area (Å²) in [5, 5.41) is 2.96. The maximum Gasteiger partial charge on any atom is 0.241 e. The first kappa shape index (κ1) is 17.9. The van der Waals surface area contributed by atoms with Crippen LogP contribution in [-0.2, 0) is 4.79 Å². The zero-order valence-electron chi connectivity index (χ0n) is 14.1. The zero-order chi connectivity index (χ0) is 17.8. The van der Waals surface area contributed by atoms with E-state index in [1.165, 1.54) is 12.1 Å². The van der Waals surface area contributed by atoms with Crippen LogP contribution < -0.4 is 10.2 Å². The van der Waals surface area contributed by atoms with Gasteiger partial charge in [-0.15, -0.1) is 0 Å². The first-order chi connectivity index (χ1) is 12.0. The molecular weight excluding hydrogens is 385 g/mol. The van der Waals surface area contributed by atoms with Gasteiger partial charge in [0.15, 0.2) is 0 Å². The first-order valence-corrected chi connectivity index (χ1v) is 9.13. The zero-order valence-corrected chi connectivity index (χ0v) is 15.7. The Morgan fingerprint density at radius 2 is 1.80 bits per heavy atom. The van der Waals surface area contributed by atoms with Crippen LogP contribution >= 0.6 is 15.9 Å². The fraction of sp³-hybridized carbons (Fsp3) is 0.316. The molecule has 0 radical (unpaired) electrons. The number of benzene rings is 2. The number of piperazine rings is 1. The van der Waals surface area contributed by atoms with Crippen LogP contribution in [0.1, 0.15) is 6.92 Å². The van der Waals surface area contributed by atoms with E-state index >= 15 is 0 Å². The van der Waals surface area contributed by atoms with Gasteiger partial charge < -0.3 is 10.2 Å². The number of carbonyl (C=O) groups excluding carboxylic acids is 1. The Morgan fingerprint density at radius 1 is 1.12 bits per heavy atom. The van der Waals surface area contributed by atoms with Gasteiger partial charge in [0.25, 0.3) is 0 Å². The number of halogens is 2. The lowest BCUT2D eigenvalue weighted by molar-refractivity contribution is -0.120. The molecule has 3 rings (SSSR count). The average molecular weight is 406 g/mol. The quantitative estimate of drug-likeness (QED) is 0.841. The molecule has 1 amide bonds. The van der Waals surface area contributed by atoms with E-state index in [2.05, 4.69) is 31.0 Å². The van der Waals surface area contributed by atoms with Gasteiger partial charge in [-0.1, -0.05) is 22.0 Å². The van der Waals surface area contributed by atoms with E-state index in [1.807, 2.05) is 31.2 Å². The van der Waals surface area contributed by atoms with E-state index in [0.29, 0.717) is 0 Å². The third-order valence-electron chi connectivity index (χ3n) is 4.53. The Labute approximate surface area is 155 Å². The Morgan fingerprint density at radius 3 is 2.44 bits per heavy atom. The van der Waals surface area contributed by atoms with E-state index in [4.69, 9.17) is 0 Å². The van der Waals surface area contributed by atoms with E-state index in [0.717, 1.165) is 42.0 Å². The smallest absolute Gasteiger partial charge is 0.241 e. The molecular formula is C19H21BrFN3O. The van der Waals surface area contributed by atoms with Crippen molar-refractivity contribution in [1.82, 2.24) is 4.90 Å². The largest absolute Gasteiger partial charge is 0.369 e. The molecule has 1 fully saturated rings. The van der Waals surface area contributed by atoms with E-state index in [1.54, 1.807) is 12.1 Å². The molecule has 0 spiro atoms. The molecule has 2 aromatic carbocycles. The van der Waals surface area contributed by atoms with Gasteiger partial charge in [-0.05, 0) is 49.4 Å². The van der Waals surface area contributed by atoms with Gasteiger partial charge >= 0.3 is 0 Å². The highest BCUT2D eigenvalue weighted by Crippen LogP contribution is 2.19. The highest BCUT2D eigenvalue weighted by Gasteiger charge is 2.25. The fourth-order valence-electron chi connectivity index (χ4n) is 3.00. The molecule has 0 unspecified atom stereocenters. The molecule has 0 aliphatic carbocycles. The fourth-order valence-corrected chi connectivity index (χ4v) is 3.40. The molecule has 1 atom stereocenters. The van der Waals surface area contributed by atoms with Crippen molar-refractivity contribution in [1.29, 1.82) is 0 Å². The summed E-state index contributed by atoms with van der Waals surface area (Å²) in [6.45, 7) is 5.16. The van der Waals surface area contributed by atoms with Gasteiger partial charge in [-0.2, -0.15) is 0 Å². The predicted molar refractivity (Wildman–Crippen MR) is 102 cm³/mol.